The van der Waals surface area contributed by atoms with Gasteiger partial charge in [0.25, 0.3) is 0 Å². The maximum Gasteiger partial charge on any atom is 0.119 e. The van der Waals surface area contributed by atoms with Crippen molar-refractivity contribution in [3.8, 4) is 5.75 Å². The Morgan fingerprint density at radius 1 is 1.19 bits per heavy atom. The lowest BCUT2D eigenvalue weighted by molar-refractivity contribution is 0.0267. The van der Waals surface area contributed by atoms with E-state index in [-0.39, 0.29) is 24.8 Å². The quantitative estimate of drug-likeness (QED) is 0.619. The summed E-state index contributed by atoms with van der Waals surface area (Å²) >= 11 is 5.85. The van der Waals surface area contributed by atoms with E-state index in [0.717, 1.165) is 58.1 Å². The molecule has 1 saturated heterocycles. The van der Waals surface area contributed by atoms with E-state index >= 15 is 0 Å². The third-order valence-electron chi connectivity index (χ3n) is 4.10. The molecule has 5 nitrogen and oxygen atoms in total. The number of hydrogen-bond acceptors (Lipinski definition) is 5. The van der Waals surface area contributed by atoms with Crippen molar-refractivity contribution in [1.82, 2.24) is 9.80 Å². The molecule has 0 aliphatic carbocycles. The van der Waals surface area contributed by atoms with Gasteiger partial charge in [0.05, 0.1) is 13.2 Å². The Morgan fingerprint density at radius 2 is 1.85 bits per heavy atom. The van der Waals surface area contributed by atoms with Gasteiger partial charge in [-0.2, -0.15) is 0 Å². The van der Waals surface area contributed by atoms with E-state index in [1.807, 2.05) is 12.1 Å². The lowest BCUT2D eigenvalue weighted by Crippen LogP contribution is -2.44. The summed E-state index contributed by atoms with van der Waals surface area (Å²) in [6.07, 6.45) is 0.574. The number of aliphatic hydroxyl groups is 1. The van der Waals surface area contributed by atoms with Crippen molar-refractivity contribution in [2.75, 3.05) is 59.1 Å². The minimum atomic E-state index is -0.503. The zero-order valence-corrected chi connectivity index (χ0v) is 17.7. The van der Waals surface area contributed by atoms with Crippen LogP contribution in [0.25, 0.3) is 0 Å². The molecule has 0 saturated carbocycles. The number of halogens is 3. The maximum absolute atomic E-state index is 10.3. The van der Waals surface area contributed by atoms with Gasteiger partial charge in [0, 0.05) is 37.7 Å². The Labute approximate surface area is 174 Å². The Morgan fingerprint density at radius 3 is 2.46 bits per heavy atom. The molecule has 0 spiro atoms. The van der Waals surface area contributed by atoms with Crippen LogP contribution < -0.4 is 4.74 Å². The third-order valence-corrected chi connectivity index (χ3v) is 4.35. The molecule has 26 heavy (non-hydrogen) atoms. The molecule has 1 N–H and O–H groups in total. The second-order valence-electron chi connectivity index (χ2n) is 6.17. The Hall–Kier alpha value is -0.270. The number of morpholine rings is 1. The average Bonchev–Trinajstić information content (AvgIpc) is 2.60. The van der Waals surface area contributed by atoms with Crippen molar-refractivity contribution in [1.29, 1.82) is 0 Å². The third kappa shape index (κ3) is 10.2. The standard InChI is InChI=1S/C18H29ClN2O3.2ClH/c1-2-7-21(9-8-20-10-12-23-13-11-20)14-17(22)15-24-18-5-3-16(19)4-6-18;;/h3-6,17,22H,2,7-15H2,1H3;2*1H. The largest absolute Gasteiger partial charge is 0.491 e. The van der Waals surface area contributed by atoms with Gasteiger partial charge in [-0.3, -0.25) is 9.80 Å². The monoisotopic (exact) mass is 428 g/mol. The summed E-state index contributed by atoms with van der Waals surface area (Å²) in [5.41, 5.74) is 0. The number of rotatable bonds is 10. The minimum absolute atomic E-state index is 0. The summed E-state index contributed by atoms with van der Waals surface area (Å²) < 4.78 is 11.0. The molecule has 1 heterocycles. The van der Waals surface area contributed by atoms with Crippen LogP contribution >= 0.6 is 36.4 Å². The van der Waals surface area contributed by atoms with Gasteiger partial charge in [0.15, 0.2) is 0 Å². The summed E-state index contributed by atoms with van der Waals surface area (Å²) in [7, 11) is 0. The van der Waals surface area contributed by atoms with Crippen LogP contribution in [0.2, 0.25) is 5.02 Å². The highest BCUT2D eigenvalue weighted by atomic mass is 35.5. The van der Waals surface area contributed by atoms with Crippen LogP contribution in [0.4, 0.5) is 0 Å². The van der Waals surface area contributed by atoms with E-state index in [2.05, 4.69) is 16.7 Å². The molecule has 1 aliphatic heterocycles. The topological polar surface area (TPSA) is 45.2 Å². The molecular formula is C18H31Cl3N2O3. The first-order chi connectivity index (χ1) is 11.7. The molecule has 2 rings (SSSR count). The first-order valence-corrected chi connectivity index (χ1v) is 9.14. The molecule has 1 aromatic rings. The highest BCUT2D eigenvalue weighted by Crippen LogP contribution is 2.15. The number of hydrogen-bond donors (Lipinski definition) is 1. The fourth-order valence-electron chi connectivity index (χ4n) is 2.79. The van der Waals surface area contributed by atoms with E-state index in [1.54, 1.807) is 12.1 Å². The molecule has 1 atom stereocenters. The first kappa shape index (κ1) is 25.7. The molecule has 1 fully saturated rings. The van der Waals surface area contributed by atoms with Gasteiger partial charge < -0.3 is 14.6 Å². The van der Waals surface area contributed by atoms with Gasteiger partial charge in [-0.25, -0.2) is 0 Å². The van der Waals surface area contributed by atoms with Crippen molar-refractivity contribution < 1.29 is 14.6 Å². The molecule has 0 radical (unpaired) electrons. The number of aliphatic hydroxyl groups excluding tert-OH is 1. The smallest absolute Gasteiger partial charge is 0.119 e. The van der Waals surface area contributed by atoms with Crippen LogP contribution in [0, 0.1) is 0 Å². The second-order valence-corrected chi connectivity index (χ2v) is 6.61. The second kappa shape index (κ2) is 14.7. The first-order valence-electron chi connectivity index (χ1n) is 8.76. The van der Waals surface area contributed by atoms with Crippen LogP contribution in [-0.2, 0) is 4.74 Å². The van der Waals surface area contributed by atoms with Crippen LogP contribution in [0.15, 0.2) is 24.3 Å². The molecule has 1 unspecified atom stereocenters. The fraction of sp³-hybridized carbons (Fsp3) is 0.667. The summed E-state index contributed by atoms with van der Waals surface area (Å²) in [5.74, 6) is 0.730. The fourth-order valence-corrected chi connectivity index (χ4v) is 2.92. The highest BCUT2D eigenvalue weighted by molar-refractivity contribution is 6.30. The number of benzene rings is 1. The number of ether oxygens (including phenoxy) is 2. The van der Waals surface area contributed by atoms with Gasteiger partial charge in [0.2, 0.25) is 0 Å². The van der Waals surface area contributed by atoms with E-state index in [9.17, 15) is 5.11 Å². The van der Waals surface area contributed by atoms with Crippen LogP contribution in [-0.4, -0.2) is 80.1 Å². The van der Waals surface area contributed by atoms with Crippen molar-refractivity contribution in [3.05, 3.63) is 29.3 Å². The molecule has 0 bridgehead atoms. The summed E-state index contributed by atoms with van der Waals surface area (Å²) in [5, 5.41) is 11.0. The van der Waals surface area contributed by atoms with Crippen molar-refractivity contribution in [2.45, 2.75) is 19.4 Å². The zero-order valence-electron chi connectivity index (χ0n) is 15.3. The summed E-state index contributed by atoms with van der Waals surface area (Å²) in [6, 6.07) is 7.21. The highest BCUT2D eigenvalue weighted by Gasteiger charge is 2.15. The van der Waals surface area contributed by atoms with E-state index in [4.69, 9.17) is 21.1 Å². The zero-order chi connectivity index (χ0) is 17.2. The average molecular weight is 430 g/mol. The van der Waals surface area contributed by atoms with Gasteiger partial charge in [0.1, 0.15) is 18.5 Å². The van der Waals surface area contributed by atoms with Crippen molar-refractivity contribution in [3.63, 3.8) is 0 Å². The Kier molecular flexibility index (Phi) is 14.6. The predicted octanol–water partition coefficient (Wildman–Crippen LogP) is 2.97. The van der Waals surface area contributed by atoms with Crippen molar-refractivity contribution in [2.24, 2.45) is 0 Å². The molecule has 8 heteroatoms. The van der Waals surface area contributed by atoms with Crippen LogP contribution in [0.5, 0.6) is 5.75 Å². The minimum Gasteiger partial charge on any atom is -0.491 e. The van der Waals surface area contributed by atoms with Gasteiger partial charge in [-0.1, -0.05) is 18.5 Å². The molecule has 0 aromatic heterocycles. The molecule has 152 valence electrons. The maximum atomic E-state index is 10.3. The molecule has 1 aromatic carbocycles. The van der Waals surface area contributed by atoms with Gasteiger partial charge in [-0.15, -0.1) is 24.8 Å². The molecule has 0 amide bonds. The molecule has 1 aliphatic rings. The Balaban J connectivity index is 0.00000312. The Bertz CT molecular complexity index is 459. The van der Waals surface area contributed by atoms with E-state index < -0.39 is 6.10 Å². The SMILES string of the molecule is CCCN(CCN1CCOCC1)CC(O)COc1ccc(Cl)cc1.Cl.Cl. The normalized spacial score (nSPS) is 15.8. The molecular weight excluding hydrogens is 399 g/mol. The van der Waals surface area contributed by atoms with E-state index in [1.165, 1.54) is 0 Å². The van der Waals surface area contributed by atoms with Gasteiger partial charge >= 0.3 is 0 Å². The van der Waals surface area contributed by atoms with Crippen LogP contribution in [0.3, 0.4) is 0 Å². The van der Waals surface area contributed by atoms with E-state index in [0.29, 0.717) is 18.2 Å². The lowest BCUT2D eigenvalue weighted by atomic mass is 10.3. The van der Waals surface area contributed by atoms with Crippen LogP contribution in [0.1, 0.15) is 13.3 Å². The number of nitrogens with zero attached hydrogens (tertiary/aromatic N) is 2. The van der Waals surface area contributed by atoms with Crippen molar-refractivity contribution >= 4 is 36.4 Å². The summed E-state index contributed by atoms with van der Waals surface area (Å²) in [6.45, 7) is 9.72. The summed E-state index contributed by atoms with van der Waals surface area (Å²) in [4.78, 5) is 4.73. The lowest BCUT2D eigenvalue weighted by Gasteiger charge is -2.30. The van der Waals surface area contributed by atoms with Gasteiger partial charge in [-0.05, 0) is 37.2 Å². The predicted molar refractivity (Wildman–Crippen MR) is 111 cm³/mol.